The lowest BCUT2D eigenvalue weighted by Crippen LogP contribution is -2.13. The molecule has 4 nitrogen and oxygen atoms in total. The van der Waals surface area contributed by atoms with Crippen molar-refractivity contribution < 1.29 is 9.53 Å². The molecule has 2 aromatic carbocycles. The van der Waals surface area contributed by atoms with Crippen LogP contribution in [0.3, 0.4) is 0 Å². The zero-order valence-corrected chi connectivity index (χ0v) is 12.1. The largest absolute Gasteiger partial charge is 0.495 e. The zero-order chi connectivity index (χ0) is 14.7. The zero-order valence-electron chi connectivity index (χ0n) is 10.6. The van der Waals surface area contributed by atoms with Crippen LogP contribution in [0.15, 0.2) is 36.4 Å². The van der Waals surface area contributed by atoms with Crippen LogP contribution in [0.2, 0.25) is 10.0 Å². The molecule has 2 rings (SSSR count). The van der Waals surface area contributed by atoms with Gasteiger partial charge in [0.1, 0.15) is 5.75 Å². The smallest absolute Gasteiger partial charge is 0.257 e. The highest BCUT2D eigenvalue weighted by molar-refractivity contribution is 6.37. The van der Waals surface area contributed by atoms with Gasteiger partial charge in [-0.2, -0.15) is 0 Å². The quantitative estimate of drug-likeness (QED) is 0.847. The topological polar surface area (TPSA) is 64.3 Å². The van der Waals surface area contributed by atoms with E-state index < -0.39 is 0 Å². The van der Waals surface area contributed by atoms with Gasteiger partial charge in [0.15, 0.2) is 0 Å². The molecule has 0 unspecified atom stereocenters. The highest BCUT2D eigenvalue weighted by Crippen LogP contribution is 2.29. The number of benzene rings is 2. The summed E-state index contributed by atoms with van der Waals surface area (Å²) in [7, 11) is 1.51. The first-order valence-electron chi connectivity index (χ1n) is 5.72. The number of ether oxygens (including phenoxy) is 1. The second-order valence-corrected chi connectivity index (χ2v) is 4.82. The van der Waals surface area contributed by atoms with Crippen LogP contribution in [0, 0.1) is 0 Å². The molecule has 3 N–H and O–H groups in total. The molecule has 0 spiro atoms. The first-order chi connectivity index (χ1) is 9.52. The van der Waals surface area contributed by atoms with Gasteiger partial charge in [-0.25, -0.2) is 0 Å². The van der Waals surface area contributed by atoms with Crippen molar-refractivity contribution in [3.05, 3.63) is 52.0 Å². The average Bonchev–Trinajstić information content (AvgIpc) is 2.42. The summed E-state index contributed by atoms with van der Waals surface area (Å²) in [5.74, 6) is 0.116. The molecule has 20 heavy (non-hydrogen) atoms. The van der Waals surface area contributed by atoms with Crippen molar-refractivity contribution in [2.75, 3.05) is 18.2 Å². The molecule has 0 fully saturated rings. The Bertz CT molecular complexity index is 660. The van der Waals surface area contributed by atoms with Gasteiger partial charge < -0.3 is 15.8 Å². The summed E-state index contributed by atoms with van der Waals surface area (Å²) in [5, 5.41) is 3.40. The molecule has 0 saturated carbocycles. The number of halogens is 2. The number of nitrogens with two attached hydrogens (primary N) is 1. The van der Waals surface area contributed by atoms with Crippen molar-refractivity contribution in [3.63, 3.8) is 0 Å². The molecule has 2 aromatic rings. The Hall–Kier alpha value is -1.91. The summed E-state index contributed by atoms with van der Waals surface area (Å²) in [6, 6.07) is 9.80. The lowest BCUT2D eigenvalue weighted by molar-refractivity contribution is 0.102. The fraction of sp³-hybridized carbons (Fsp3) is 0.0714. The van der Waals surface area contributed by atoms with Crippen LogP contribution in [-0.4, -0.2) is 13.0 Å². The standard InChI is InChI=1S/C14H12Cl2N2O2/c1-20-12-6-5-8(15)7-11(12)18-14(19)9-3-2-4-10(17)13(9)16/h2-7H,17H2,1H3,(H,18,19). The molecule has 6 heteroatoms. The first kappa shape index (κ1) is 14.5. The minimum atomic E-state index is -0.386. The molecule has 0 aliphatic carbocycles. The fourth-order valence-corrected chi connectivity index (χ4v) is 2.08. The second-order valence-electron chi connectivity index (χ2n) is 4.01. The molecule has 104 valence electrons. The Kier molecular flexibility index (Phi) is 4.37. The average molecular weight is 311 g/mol. The molecule has 0 radical (unpaired) electrons. The normalized spacial score (nSPS) is 10.2. The van der Waals surface area contributed by atoms with Crippen LogP contribution in [0.25, 0.3) is 0 Å². The first-order valence-corrected chi connectivity index (χ1v) is 6.47. The Labute approximate surface area is 126 Å². The van der Waals surface area contributed by atoms with E-state index in [1.807, 2.05) is 0 Å². The van der Waals surface area contributed by atoms with Crippen molar-refractivity contribution in [3.8, 4) is 5.75 Å². The Morgan fingerprint density at radius 1 is 1.25 bits per heavy atom. The third-order valence-electron chi connectivity index (χ3n) is 2.68. The number of anilines is 2. The summed E-state index contributed by atoms with van der Waals surface area (Å²) < 4.78 is 5.16. The van der Waals surface area contributed by atoms with Crippen molar-refractivity contribution in [1.82, 2.24) is 0 Å². The summed E-state index contributed by atoms with van der Waals surface area (Å²) in [5.41, 5.74) is 6.77. The molecule has 0 atom stereocenters. The molecule has 0 aliphatic rings. The van der Waals surface area contributed by atoms with Gasteiger partial charge in [-0.15, -0.1) is 0 Å². The molecular formula is C14H12Cl2N2O2. The molecule has 1 amide bonds. The maximum absolute atomic E-state index is 12.2. The van der Waals surface area contributed by atoms with E-state index in [1.54, 1.807) is 36.4 Å². The van der Waals surface area contributed by atoms with E-state index in [1.165, 1.54) is 7.11 Å². The third-order valence-corrected chi connectivity index (χ3v) is 3.34. The highest BCUT2D eigenvalue weighted by Gasteiger charge is 2.14. The predicted molar refractivity (Wildman–Crippen MR) is 81.8 cm³/mol. The number of amides is 1. The van der Waals surface area contributed by atoms with Gasteiger partial charge in [0, 0.05) is 5.02 Å². The van der Waals surface area contributed by atoms with E-state index in [9.17, 15) is 4.79 Å². The van der Waals surface area contributed by atoms with Crippen LogP contribution in [-0.2, 0) is 0 Å². The maximum atomic E-state index is 12.2. The molecular weight excluding hydrogens is 299 g/mol. The minimum absolute atomic E-state index is 0.214. The van der Waals surface area contributed by atoms with E-state index in [0.717, 1.165) is 0 Å². The maximum Gasteiger partial charge on any atom is 0.257 e. The lowest BCUT2D eigenvalue weighted by Gasteiger charge is -2.11. The van der Waals surface area contributed by atoms with Crippen molar-refractivity contribution in [1.29, 1.82) is 0 Å². The number of rotatable bonds is 3. The van der Waals surface area contributed by atoms with Crippen LogP contribution >= 0.6 is 23.2 Å². The molecule has 0 aromatic heterocycles. The van der Waals surface area contributed by atoms with E-state index in [0.29, 0.717) is 22.1 Å². The van der Waals surface area contributed by atoms with Gasteiger partial charge >= 0.3 is 0 Å². The molecule has 0 bridgehead atoms. The number of nitrogen functional groups attached to an aromatic ring is 1. The number of methoxy groups -OCH3 is 1. The Morgan fingerprint density at radius 2 is 2.00 bits per heavy atom. The third kappa shape index (κ3) is 2.98. The van der Waals surface area contributed by atoms with E-state index in [-0.39, 0.29) is 16.5 Å². The lowest BCUT2D eigenvalue weighted by atomic mass is 10.2. The number of hydrogen-bond acceptors (Lipinski definition) is 3. The van der Waals surface area contributed by atoms with Crippen molar-refractivity contribution >= 4 is 40.5 Å². The molecule has 0 aliphatic heterocycles. The van der Waals surface area contributed by atoms with Gasteiger partial charge in [-0.3, -0.25) is 4.79 Å². The van der Waals surface area contributed by atoms with Gasteiger partial charge in [0.2, 0.25) is 0 Å². The van der Waals surface area contributed by atoms with E-state index >= 15 is 0 Å². The van der Waals surface area contributed by atoms with E-state index in [2.05, 4.69) is 5.32 Å². The fourth-order valence-electron chi connectivity index (χ4n) is 1.69. The van der Waals surface area contributed by atoms with Gasteiger partial charge in [0.05, 0.1) is 29.1 Å². The summed E-state index contributed by atoms with van der Waals surface area (Å²) >= 11 is 11.9. The number of carbonyl (C=O) groups excluding carboxylic acids is 1. The Balaban J connectivity index is 2.32. The number of hydrogen-bond donors (Lipinski definition) is 2. The predicted octanol–water partition coefficient (Wildman–Crippen LogP) is 3.84. The summed E-state index contributed by atoms with van der Waals surface area (Å²) in [6.45, 7) is 0. The van der Waals surface area contributed by atoms with Crippen molar-refractivity contribution in [2.45, 2.75) is 0 Å². The van der Waals surface area contributed by atoms with Crippen LogP contribution in [0.5, 0.6) is 5.75 Å². The van der Waals surface area contributed by atoms with Crippen LogP contribution < -0.4 is 15.8 Å². The molecule has 0 heterocycles. The van der Waals surface area contributed by atoms with Gasteiger partial charge in [-0.05, 0) is 30.3 Å². The SMILES string of the molecule is COc1ccc(Cl)cc1NC(=O)c1cccc(N)c1Cl. The van der Waals surface area contributed by atoms with Crippen LogP contribution in [0.4, 0.5) is 11.4 Å². The van der Waals surface area contributed by atoms with Crippen molar-refractivity contribution in [2.24, 2.45) is 0 Å². The van der Waals surface area contributed by atoms with Gasteiger partial charge in [0.25, 0.3) is 5.91 Å². The second kappa shape index (κ2) is 6.03. The summed E-state index contributed by atoms with van der Waals surface area (Å²) in [6.07, 6.45) is 0. The Morgan fingerprint density at radius 3 is 2.70 bits per heavy atom. The van der Waals surface area contributed by atoms with E-state index in [4.69, 9.17) is 33.7 Å². The minimum Gasteiger partial charge on any atom is -0.495 e. The number of carbonyl (C=O) groups is 1. The molecule has 0 saturated heterocycles. The van der Waals surface area contributed by atoms with Crippen LogP contribution in [0.1, 0.15) is 10.4 Å². The van der Waals surface area contributed by atoms with Gasteiger partial charge in [-0.1, -0.05) is 29.3 Å². The summed E-state index contributed by atoms with van der Waals surface area (Å²) in [4.78, 5) is 12.2. The monoisotopic (exact) mass is 310 g/mol. The number of nitrogens with one attached hydrogen (secondary N) is 1. The highest BCUT2D eigenvalue weighted by atomic mass is 35.5.